The Hall–Kier alpha value is -0.430. The minimum Gasteiger partial charge on any atom is -0.130 e. The minimum absolute atomic E-state index is 0.220. The molecule has 1 rings (SSSR count). The van der Waals surface area contributed by atoms with Crippen LogP contribution in [0, 0.1) is 6.92 Å². The highest BCUT2D eigenvalue weighted by Crippen LogP contribution is 2.27. The summed E-state index contributed by atoms with van der Waals surface area (Å²) in [4.78, 5) is 1.30. The molecule has 1 radical (unpaired) electrons. The van der Waals surface area contributed by atoms with Crippen LogP contribution in [0.3, 0.4) is 0 Å². The first kappa shape index (κ1) is 10.6. The van der Waals surface area contributed by atoms with Crippen LogP contribution in [-0.2, 0) is 5.41 Å². The fraction of sp³-hybridized carbons (Fsp3) is 0.417. The van der Waals surface area contributed by atoms with Gasteiger partial charge in [-0.3, -0.25) is 0 Å². The highest BCUT2D eigenvalue weighted by Gasteiger charge is 2.14. The molecule has 0 spiro atoms. The van der Waals surface area contributed by atoms with Gasteiger partial charge in [-0.2, -0.15) is 0 Å². The van der Waals surface area contributed by atoms with Crippen LogP contribution in [0.1, 0.15) is 31.9 Å². The van der Waals surface area contributed by atoms with Gasteiger partial charge in [0.25, 0.3) is 0 Å². The van der Waals surface area contributed by atoms with Gasteiger partial charge in [-0.05, 0) is 41.9 Å². The monoisotopic (exact) mass is 193 g/mol. The van der Waals surface area contributed by atoms with E-state index in [0.717, 1.165) is 5.56 Å². The molecule has 71 valence electrons. The van der Waals surface area contributed by atoms with Crippen molar-refractivity contribution in [2.24, 2.45) is 0 Å². The third kappa shape index (κ3) is 2.77. The lowest BCUT2D eigenvalue weighted by atomic mass is 9.86. The van der Waals surface area contributed by atoms with Crippen LogP contribution >= 0.6 is 11.8 Å². The summed E-state index contributed by atoms with van der Waals surface area (Å²) in [6.45, 7) is 10.7. The lowest BCUT2D eigenvalue weighted by Gasteiger charge is -2.20. The van der Waals surface area contributed by atoms with Crippen LogP contribution < -0.4 is 0 Å². The fourth-order valence-electron chi connectivity index (χ4n) is 1.21. The molecule has 1 aromatic rings. The van der Waals surface area contributed by atoms with Crippen molar-refractivity contribution in [1.82, 2.24) is 0 Å². The number of hydrogen-bond donors (Lipinski definition) is 0. The second-order valence-corrected chi connectivity index (χ2v) is 5.20. The summed E-state index contributed by atoms with van der Waals surface area (Å²) in [6.07, 6.45) is 2.10. The topological polar surface area (TPSA) is 0 Å². The molecular weight excluding hydrogens is 176 g/mol. The zero-order chi connectivity index (χ0) is 10.1. The Morgan fingerprint density at radius 3 is 2.23 bits per heavy atom. The number of benzene rings is 1. The molecule has 0 bridgehead atoms. The van der Waals surface area contributed by atoms with E-state index in [0.29, 0.717) is 0 Å². The molecule has 0 saturated carbocycles. The van der Waals surface area contributed by atoms with E-state index in [9.17, 15) is 0 Å². The van der Waals surface area contributed by atoms with Crippen molar-refractivity contribution < 1.29 is 0 Å². The summed E-state index contributed by atoms with van der Waals surface area (Å²) in [5.41, 5.74) is 2.69. The number of hydrogen-bond acceptors (Lipinski definition) is 1. The van der Waals surface area contributed by atoms with Crippen LogP contribution in [0.2, 0.25) is 0 Å². The van der Waals surface area contributed by atoms with Crippen LogP contribution in [0.5, 0.6) is 0 Å². The average molecular weight is 193 g/mol. The molecule has 0 saturated heterocycles. The molecule has 0 aliphatic carbocycles. The second kappa shape index (κ2) is 3.75. The predicted octanol–water partition coefficient (Wildman–Crippen LogP) is 3.89. The van der Waals surface area contributed by atoms with Gasteiger partial charge in [0, 0.05) is 4.90 Å². The van der Waals surface area contributed by atoms with Crippen LogP contribution in [0.4, 0.5) is 0 Å². The maximum atomic E-state index is 3.99. The normalized spacial score (nSPS) is 11.8. The third-order valence-corrected chi connectivity index (χ3v) is 2.78. The highest BCUT2D eigenvalue weighted by molar-refractivity contribution is 7.98. The number of thioether (sulfide) groups is 1. The van der Waals surface area contributed by atoms with Gasteiger partial charge in [-0.15, -0.1) is 11.8 Å². The van der Waals surface area contributed by atoms with E-state index < -0.39 is 0 Å². The zero-order valence-electron chi connectivity index (χ0n) is 8.85. The first-order valence-electron chi connectivity index (χ1n) is 4.45. The van der Waals surface area contributed by atoms with Crippen molar-refractivity contribution in [2.75, 3.05) is 6.26 Å². The van der Waals surface area contributed by atoms with Gasteiger partial charge in [-0.25, -0.2) is 0 Å². The summed E-state index contributed by atoms with van der Waals surface area (Å²) in [7, 11) is 0. The van der Waals surface area contributed by atoms with Gasteiger partial charge < -0.3 is 0 Å². The molecule has 0 nitrogen and oxygen atoms in total. The quantitative estimate of drug-likeness (QED) is 0.610. The lowest BCUT2D eigenvalue weighted by Crippen LogP contribution is -2.11. The molecule has 0 aliphatic rings. The minimum atomic E-state index is 0.220. The maximum Gasteiger partial charge on any atom is 0.00748 e. The van der Waals surface area contributed by atoms with E-state index in [1.54, 1.807) is 11.8 Å². The first-order valence-corrected chi connectivity index (χ1v) is 5.67. The van der Waals surface area contributed by atoms with Gasteiger partial charge in [-0.1, -0.05) is 26.8 Å². The molecule has 0 fully saturated rings. The molecule has 1 heteroatoms. The molecule has 0 unspecified atom stereocenters. The van der Waals surface area contributed by atoms with Gasteiger partial charge in [0.1, 0.15) is 0 Å². The van der Waals surface area contributed by atoms with E-state index in [1.807, 2.05) is 0 Å². The van der Waals surface area contributed by atoms with Gasteiger partial charge >= 0.3 is 0 Å². The standard InChI is InChI=1S/C12H17S/c1-9-6-10(12(2,3)4)8-11(7-9)13-5/h6-8H,1H2,2-5H3. The van der Waals surface area contributed by atoms with Gasteiger partial charge in [0.2, 0.25) is 0 Å². The summed E-state index contributed by atoms with van der Waals surface area (Å²) >= 11 is 1.77. The van der Waals surface area contributed by atoms with Crippen LogP contribution in [0.25, 0.3) is 0 Å². The van der Waals surface area contributed by atoms with E-state index in [2.05, 4.69) is 52.1 Å². The Kier molecular flexibility index (Phi) is 3.07. The Balaban J connectivity index is 3.16. The van der Waals surface area contributed by atoms with Crippen molar-refractivity contribution in [3.8, 4) is 0 Å². The molecule has 0 atom stereocenters. The molecule has 0 aliphatic heterocycles. The maximum absolute atomic E-state index is 3.99. The molecule has 0 N–H and O–H groups in total. The largest absolute Gasteiger partial charge is 0.130 e. The van der Waals surface area contributed by atoms with E-state index >= 15 is 0 Å². The van der Waals surface area contributed by atoms with Crippen molar-refractivity contribution in [2.45, 2.75) is 31.1 Å². The highest BCUT2D eigenvalue weighted by atomic mass is 32.2. The molecule has 0 aromatic heterocycles. The molecular formula is C12H17S. The summed E-state index contributed by atoms with van der Waals surface area (Å²) < 4.78 is 0. The molecule has 1 aromatic carbocycles. The Morgan fingerprint density at radius 1 is 1.15 bits per heavy atom. The zero-order valence-corrected chi connectivity index (χ0v) is 9.66. The Bertz CT molecular complexity index is 294. The summed E-state index contributed by atoms with van der Waals surface area (Å²) in [5, 5.41) is 0. The van der Waals surface area contributed by atoms with Gasteiger partial charge in [0.15, 0.2) is 0 Å². The predicted molar refractivity (Wildman–Crippen MR) is 61.4 cm³/mol. The van der Waals surface area contributed by atoms with Crippen LogP contribution in [-0.4, -0.2) is 6.26 Å². The molecule has 0 amide bonds. The van der Waals surface area contributed by atoms with Crippen molar-refractivity contribution in [1.29, 1.82) is 0 Å². The smallest absolute Gasteiger partial charge is 0.00748 e. The second-order valence-electron chi connectivity index (χ2n) is 4.32. The lowest BCUT2D eigenvalue weighted by molar-refractivity contribution is 0.588. The van der Waals surface area contributed by atoms with E-state index in [-0.39, 0.29) is 5.41 Å². The van der Waals surface area contributed by atoms with Crippen LogP contribution in [0.15, 0.2) is 23.1 Å². The molecule has 0 heterocycles. The Morgan fingerprint density at radius 2 is 1.77 bits per heavy atom. The fourth-order valence-corrected chi connectivity index (χ4v) is 1.73. The summed E-state index contributed by atoms with van der Waals surface area (Å²) in [6, 6.07) is 6.54. The van der Waals surface area contributed by atoms with Crippen molar-refractivity contribution in [3.63, 3.8) is 0 Å². The first-order chi connectivity index (χ1) is 5.93. The van der Waals surface area contributed by atoms with E-state index in [1.165, 1.54) is 10.5 Å². The van der Waals surface area contributed by atoms with E-state index in [4.69, 9.17) is 0 Å². The van der Waals surface area contributed by atoms with Crippen molar-refractivity contribution >= 4 is 11.8 Å². The average Bonchev–Trinajstić information content (AvgIpc) is 2.01. The third-order valence-electron chi connectivity index (χ3n) is 2.07. The van der Waals surface area contributed by atoms with Gasteiger partial charge in [0.05, 0.1) is 0 Å². The SMILES string of the molecule is [CH2]c1cc(SC)cc(C(C)(C)C)c1. The Labute approximate surface area is 85.7 Å². The number of rotatable bonds is 1. The summed E-state index contributed by atoms with van der Waals surface area (Å²) in [5.74, 6) is 0. The molecule has 13 heavy (non-hydrogen) atoms. The van der Waals surface area contributed by atoms with Crippen molar-refractivity contribution in [3.05, 3.63) is 36.2 Å².